The zero-order valence-corrected chi connectivity index (χ0v) is 19.3. The number of allylic oxidation sites excluding steroid dienone is 1. The van der Waals surface area contributed by atoms with Crippen molar-refractivity contribution in [2.75, 3.05) is 6.61 Å². The zero-order chi connectivity index (χ0) is 20.5. The van der Waals surface area contributed by atoms with Crippen LogP contribution in [0.1, 0.15) is 130 Å². The summed E-state index contributed by atoms with van der Waals surface area (Å²) in [5, 5.41) is 0. The molecule has 2 nitrogen and oxygen atoms in total. The Labute approximate surface area is 175 Å². The van der Waals surface area contributed by atoms with E-state index in [2.05, 4.69) is 26.8 Å². The molecule has 0 aromatic heterocycles. The van der Waals surface area contributed by atoms with Crippen LogP contribution in [0.25, 0.3) is 0 Å². The van der Waals surface area contributed by atoms with E-state index >= 15 is 0 Å². The minimum absolute atomic E-state index is 0.00467. The maximum absolute atomic E-state index is 11.9. The van der Waals surface area contributed by atoms with Gasteiger partial charge in [-0.15, -0.1) is 0 Å². The van der Waals surface area contributed by atoms with Crippen LogP contribution in [0.2, 0.25) is 0 Å². The molecule has 1 atom stereocenters. The first-order chi connectivity index (χ1) is 13.6. The molecule has 1 aliphatic carbocycles. The Morgan fingerprint density at radius 1 is 0.929 bits per heavy atom. The van der Waals surface area contributed by atoms with Crippen molar-refractivity contribution in [2.24, 2.45) is 11.8 Å². The van der Waals surface area contributed by atoms with Gasteiger partial charge in [0, 0.05) is 6.42 Å². The molecule has 1 aliphatic rings. The van der Waals surface area contributed by atoms with Crippen molar-refractivity contribution in [1.29, 1.82) is 0 Å². The van der Waals surface area contributed by atoms with E-state index in [1.165, 1.54) is 89.0 Å². The Bertz CT molecular complexity index is 411. The average Bonchev–Trinajstić information content (AvgIpc) is 2.70. The second-order valence-corrected chi connectivity index (χ2v) is 9.29. The SMILES string of the molecule is CCCCCCCCCCCCCCCC(=O)OCC1=CCC(C(C)C)CC1. The molecule has 0 spiro atoms. The van der Waals surface area contributed by atoms with Crippen molar-refractivity contribution < 1.29 is 9.53 Å². The van der Waals surface area contributed by atoms with Gasteiger partial charge in [-0.3, -0.25) is 4.79 Å². The van der Waals surface area contributed by atoms with E-state index in [1.807, 2.05) is 0 Å². The first-order valence-electron chi connectivity index (χ1n) is 12.5. The van der Waals surface area contributed by atoms with Gasteiger partial charge in [0.25, 0.3) is 0 Å². The Balaban J connectivity index is 1.86. The fourth-order valence-corrected chi connectivity index (χ4v) is 4.18. The zero-order valence-electron chi connectivity index (χ0n) is 19.3. The number of carbonyl (C=O) groups excluding carboxylic acids is 1. The number of hydrogen-bond donors (Lipinski definition) is 0. The first-order valence-corrected chi connectivity index (χ1v) is 12.5. The lowest BCUT2D eigenvalue weighted by molar-refractivity contribution is -0.142. The molecule has 0 fully saturated rings. The summed E-state index contributed by atoms with van der Waals surface area (Å²) >= 11 is 0. The molecule has 0 aliphatic heterocycles. The van der Waals surface area contributed by atoms with E-state index < -0.39 is 0 Å². The molecule has 0 radical (unpaired) electrons. The van der Waals surface area contributed by atoms with Crippen molar-refractivity contribution in [3.05, 3.63) is 11.6 Å². The smallest absolute Gasteiger partial charge is 0.306 e. The van der Waals surface area contributed by atoms with Crippen LogP contribution in [-0.2, 0) is 9.53 Å². The van der Waals surface area contributed by atoms with E-state index in [-0.39, 0.29) is 5.97 Å². The van der Waals surface area contributed by atoms with Crippen LogP contribution < -0.4 is 0 Å². The summed E-state index contributed by atoms with van der Waals surface area (Å²) < 4.78 is 5.48. The number of esters is 1. The number of ether oxygens (including phenoxy) is 1. The molecule has 0 aromatic carbocycles. The number of rotatable bonds is 17. The van der Waals surface area contributed by atoms with Gasteiger partial charge in [-0.2, -0.15) is 0 Å². The van der Waals surface area contributed by atoms with Crippen LogP contribution in [0.3, 0.4) is 0 Å². The van der Waals surface area contributed by atoms with Crippen LogP contribution in [-0.4, -0.2) is 12.6 Å². The molecule has 28 heavy (non-hydrogen) atoms. The fraction of sp³-hybridized carbons (Fsp3) is 0.885. The second-order valence-electron chi connectivity index (χ2n) is 9.29. The summed E-state index contributed by atoms with van der Waals surface area (Å²) in [6.07, 6.45) is 23.8. The molecule has 0 N–H and O–H groups in total. The van der Waals surface area contributed by atoms with Gasteiger partial charge in [0.15, 0.2) is 0 Å². The highest BCUT2D eigenvalue weighted by Gasteiger charge is 2.18. The third-order valence-corrected chi connectivity index (χ3v) is 6.39. The largest absolute Gasteiger partial charge is 0.461 e. The van der Waals surface area contributed by atoms with Gasteiger partial charge >= 0.3 is 5.97 Å². The molecule has 0 saturated heterocycles. The van der Waals surface area contributed by atoms with E-state index in [9.17, 15) is 4.79 Å². The molecule has 0 saturated carbocycles. The van der Waals surface area contributed by atoms with E-state index in [4.69, 9.17) is 4.74 Å². The van der Waals surface area contributed by atoms with Gasteiger partial charge in [0.1, 0.15) is 6.61 Å². The number of hydrogen-bond acceptors (Lipinski definition) is 2. The summed E-state index contributed by atoms with van der Waals surface area (Å²) in [4.78, 5) is 11.9. The van der Waals surface area contributed by atoms with Crippen molar-refractivity contribution in [3.63, 3.8) is 0 Å². The minimum Gasteiger partial charge on any atom is -0.461 e. The van der Waals surface area contributed by atoms with Gasteiger partial charge in [-0.05, 0) is 43.1 Å². The normalized spacial score (nSPS) is 17.0. The Morgan fingerprint density at radius 3 is 1.93 bits per heavy atom. The van der Waals surface area contributed by atoms with Gasteiger partial charge < -0.3 is 4.74 Å². The fourth-order valence-electron chi connectivity index (χ4n) is 4.18. The highest BCUT2D eigenvalue weighted by molar-refractivity contribution is 5.69. The van der Waals surface area contributed by atoms with Gasteiger partial charge in [0.2, 0.25) is 0 Å². The summed E-state index contributed by atoms with van der Waals surface area (Å²) in [5.41, 5.74) is 1.33. The highest BCUT2D eigenvalue weighted by Crippen LogP contribution is 2.29. The Kier molecular flexibility index (Phi) is 15.4. The van der Waals surface area contributed by atoms with Crippen molar-refractivity contribution >= 4 is 5.97 Å². The van der Waals surface area contributed by atoms with E-state index in [1.54, 1.807) is 0 Å². The molecular formula is C26H48O2. The topological polar surface area (TPSA) is 26.3 Å². The first kappa shape index (κ1) is 25.2. The maximum atomic E-state index is 11.9. The van der Waals surface area contributed by atoms with E-state index in [0.29, 0.717) is 13.0 Å². The third-order valence-electron chi connectivity index (χ3n) is 6.39. The van der Waals surface area contributed by atoms with Crippen LogP contribution in [0.4, 0.5) is 0 Å². The van der Waals surface area contributed by atoms with Crippen LogP contribution in [0.5, 0.6) is 0 Å². The lowest BCUT2D eigenvalue weighted by atomic mass is 9.82. The number of unbranched alkanes of at least 4 members (excludes halogenated alkanes) is 12. The van der Waals surface area contributed by atoms with E-state index in [0.717, 1.165) is 31.1 Å². The lowest BCUT2D eigenvalue weighted by Crippen LogP contribution is -2.15. The molecule has 164 valence electrons. The molecule has 0 heterocycles. The quantitative estimate of drug-likeness (QED) is 0.141. The molecule has 0 aromatic rings. The summed E-state index contributed by atoms with van der Waals surface area (Å²) in [7, 11) is 0. The summed E-state index contributed by atoms with van der Waals surface area (Å²) in [5.74, 6) is 1.57. The minimum atomic E-state index is -0.00467. The number of carbonyl (C=O) groups is 1. The second kappa shape index (κ2) is 17.1. The monoisotopic (exact) mass is 392 g/mol. The van der Waals surface area contributed by atoms with Gasteiger partial charge in [0.05, 0.1) is 0 Å². The van der Waals surface area contributed by atoms with Crippen molar-refractivity contribution in [2.45, 2.75) is 130 Å². The Hall–Kier alpha value is -0.790. The predicted molar refractivity (Wildman–Crippen MR) is 122 cm³/mol. The summed E-state index contributed by atoms with van der Waals surface area (Å²) in [6.45, 7) is 7.42. The lowest BCUT2D eigenvalue weighted by Gasteiger charge is -2.24. The van der Waals surface area contributed by atoms with Gasteiger partial charge in [-0.1, -0.05) is 104 Å². The van der Waals surface area contributed by atoms with Crippen LogP contribution >= 0.6 is 0 Å². The highest BCUT2D eigenvalue weighted by atomic mass is 16.5. The summed E-state index contributed by atoms with van der Waals surface area (Å²) in [6, 6.07) is 0. The molecule has 0 bridgehead atoms. The van der Waals surface area contributed by atoms with Crippen LogP contribution in [0, 0.1) is 11.8 Å². The molecule has 2 heteroatoms. The molecular weight excluding hydrogens is 344 g/mol. The Morgan fingerprint density at radius 2 is 1.46 bits per heavy atom. The molecule has 0 amide bonds. The predicted octanol–water partition coefficient (Wildman–Crippen LogP) is 8.39. The van der Waals surface area contributed by atoms with Crippen LogP contribution in [0.15, 0.2) is 11.6 Å². The van der Waals surface area contributed by atoms with Gasteiger partial charge in [-0.25, -0.2) is 0 Å². The standard InChI is InChI=1S/C26H48O2/c1-4-5-6-7-8-9-10-11-12-13-14-15-16-17-26(27)28-22-24-18-20-25(21-19-24)23(2)3/h18,23,25H,4-17,19-22H2,1-3H3. The third kappa shape index (κ3) is 13.4. The van der Waals surface area contributed by atoms with Crippen molar-refractivity contribution in [3.8, 4) is 0 Å². The average molecular weight is 393 g/mol. The molecule has 1 rings (SSSR count). The molecule has 1 unspecified atom stereocenters. The maximum Gasteiger partial charge on any atom is 0.306 e. The van der Waals surface area contributed by atoms with Crippen molar-refractivity contribution in [1.82, 2.24) is 0 Å².